The van der Waals surface area contributed by atoms with Crippen molar-refractivity contribution in [3.8, 4) is 0 Å². The molecule has 0 aromatic heterocycles. The predicted octanol–water partition coefficient (Wildman–Crippen LogP) is 3.15. The number of amides is 3. The summed E-state index contributed by atoms with van der Waals surface area (Å²) >= 11 is 5.78. The van der Waals surface area contributed by atoms with E-state index in [0.29, 0.717) is 36.8 Å². The van der Waals surface area contributed by atoms with Crippen LogP contribution in [0.1, 0.15) is 10.4 Å². The molecule has 0 spiro atoms. The molecule has 0 atom stereocenters. The average Bonchev–Trinajstić information content (AvgIpc) is 2.63. The summed E-state index contributed by atoms with van der Waals surface area (Å²) < 4.78 is 13.0. The topological polar surface area (TPSA) is 52.7 Å². The minimum absolute atomic E-state index is 0.275. The molecule has 1 fully saturated rings. The first-order valence-corrected chi connectivity index (χ1v) is 8.27. The number of nitrogens with zero attached hydrogens (tertiary/aromatic N) is 2. The summed E-state index contributed by atoms with van der Waals surface area (Å²) in [7, 11) is 0. The number of urea groups is 1. The van der Waals surface area contributed by atoms with Crippen molar-refractivity contribution in [2.45, 2.75) is 0 Å². The summed E-state index contributed by atoms with van der Waals surface area (Å²) in [6.07, 6.45) is 0. The van der Waals surface area contributed by atoms with Crippen molar-refractivity contribution in [3.63, 3.8) is 0 Å². The van der Waals surface area contributed by atoms with Crippen LogP contribution in [0.4, 0.5) is 14.9 Å². The zero-order valence-electron chi connectivity index (χ0n) is 13.4. The number of hydrogen-bond donors (Lipinski definition) is 1. The monoisotopic (exact) mass is 361 g/mol. The summed E-state index contributed by atoms with van der Waals surface area (Å²) in [4.78, 5) is 28.0. The maximum atomic E-state index is 13.0. The first kappa shape index (κ1) is 17.2. The molecule has 0 saturated carbocycles. The number of carbonyl (C=O) groups is 2. The van der Waals surface area contributed by atoms with Crippen LogP contribution >= 0.6 is 11.6 Å². The Hall–Kier alpha value is -2.60. The van der Waals surface area contributed by atoms with Crippen LogP contribution in [0.3, 0.4) is 0 Å². The quantitative estimate of drug-likeness (QED) is 0.894. The molecule has 1 aliphatic heterocycles. The lowest BCUT2D eigenvalue weighted by molar-refractivity contribution is 0.0951. The van der Waals surface area contributed by atoms with E-state index in [0.717, 1.165) is 5.69 Å². The third-order valence-electron chi connectivity index (χ3n) is 4.09. The summed E-state index contributed by atoms with van der Waals surface area (Å²) in [6.45, 7) is 2.20. The van der Waals surface area contributed by atoms with Crippen molar-refractivity contribution in [3.05, 3.63) is 64.9 Å². The molecule has 25 heavy (non-hydrogen) atoms. The van der Waals surface area contributed by atoms with E-state index in [9.17, 15) is 14.0 Å². The Balaban J connectivity index is 1.53. The smallest absolute Gasteiger partial charge is 0.324 e. The lowest BCUT2D eigenvalue weighted by atomic mass is 10.2. The van der Waals surface area contributed by atoms with Gasteiger partial charge in [-0.1, -0.05) is 11.6 Å². The van der Waals surface area contributed by atoms with E-state index < -0.39 is 11.9 Å². The molecule has 5 nitrogen and oxygen atoms in total. The Kier molecular flexibility index (Phi) is 5.19. The Morgan fingerprint density at radius 2 is 1.52 bits per heavy atom. The highest BCUT2D eigenvalue weighted by molar-refractivity contribution is 6.30. The van der Waals surface area contributed by atoms with E-state index in [1.807, 2.05) is 0 Å². The van der Waals surface area contributed by atoms with Crippen molar-refractivity contribution in [2.75, 3.05) is 31.1 Å². The fraction of sp³-hybridized carbons (Fsp3) is 0.222. The highest BCUT2D eigenvalue weighted by Crippen LogP contribution is 2.17. The molecule has 0 aliphatic carbocycles. The summed E-state index contributed by atoms with van der Waals surface area (Å²) in [6, 6.07) is 12.2. The highest BCUT2D eigenvalue weighted by Gasteiger charge is 2.23. The molecule has 3 amide bonds. The van der Waals surface area contributed by atoms with Gasteiger partial charge in [-0.2, -0.15) is 0 Å². The minimum Gasteiger partial charge on any atom is -0.368 e. The Morgan fingerprint density at radius 3 is 2.12 bits per heavy atom. The van der Waals surface area contributed by atoms with E-state index in [-0.39, 0.29) is 5.82 Å². The first-order valence-electron chi connectivity index (χ1n) is 7.89. The molecule has 1 heterocycles. The van der Waals surface area contributed by atoms with Crippen LogP contribution in [0.2, 0.25) is 5.02 Å². The van der Waals surface area contributed by atoms with Gasteiger partial charge in [-0.05, 0) is 48.5 Å². The third-order valence-corrected chi connectivity index (χ3v) is 4.34. The van der Waals surface area contributed by atoms with Crippen LogP contribution < -0.4 is 10.2 Å². The van der Waals surface area contributed by atoms with E-state index in [4.69, 9.17) is 11.6 Å². The van der Waals surface area contributed by atoms with Crippen LogP contribution in [0.15, 0.2) is 48.5 Å². The lowest BCUT2D eigenvalue weighted by Crippen LogP contribution is -2.52. The average molecular weight is 362 g/mol. The van der Waals surface area contributed by atoms with Crippen LogP contribution in [-0.2, 0) is 0 Å². The Bertz CT molecular complexity index is 757. The summed E-state index contributed by atoms with van der Waals surface area (Å²) in [5.74, 6) is -0.731. The molecular formula is C18H17ClFN3O2. The van der Waals surface area contributed by atoms with Crippen LogP contribution in [-0.4, -0.2) is 43.0 Å². The van der Waals surface area contributed by atoms with Gasteiger partial charge >= 0.3 is 6.03 Å². The van der Waals surface area contributed by atoms with Gasteiger partial charge in [0, 0.05) is 42.5 Å². The molecule has 7 heteroatoms. The molecule has 0 bridgehead atoms. The number of imide groups is 1. The van der Waals surface area contributed by atoms with Crippen molar-refractivity contribution in [2.24, 2.45) is 0 Å². The SMILES string of the molecule is O=C(NC(=O)N1CCN(c2ccc(F)cc2)CC1)c1ccc(Cl)cc1. The van der Waals surface area contributed by atoms with Crippen molar-refractivity contribution in [1.29, 1.82) is 0 Å². The lowest BCUT2D eigenvalue weighted by Gasteiger charge is -2.35. The fourth-order valence-corrected chi connectivity index (χ4v) is 2.80. The van der Waals surface area contributed by atoms with Gasteiger partial charge in [0.15, 0.2) is 0 Å². The number of carbonyl (C=O) groups excluding carboxylic acids is 2. The van der Waals surface area contributed by atoms with Gasteiger partial charge in [-0.3, -0.25) is 10.1 Å². The van der Waals surface area contributed by atoms with Gasteiger partial charge in [0.1, 0.15) is 5.82 Å². The fourth-order valence-electron chi connectivity index (χ4n) is 2.67. The second-order valence-corrected chi connectivity index (χ2v) is 6.15. The maximum absolute atomic E-state index is 13.0. The number of nitrogens with one attached hydrogen (secondary N) is 1. The van der Waals surface area contributed by atoms with E-state index >= 15 is 0 Å². The van der Waals surface area contributed by atoms with E-state index in [1.165, 1.54) is 12.1 Å². The standard InChI is InChI=1S/C18H17ClFN3O2/c19-14-3-1-13(2-4-14)17(24)21-18(25)23-11-9-22(10-12-23)16-7-5-15(20)6-8-16/h1-8H,9-12H2,(H,21,24,25). The zero-order chi connectivity index (χ0) is 17.8. The van der Waals surface area contributed by atoms with Crippen LogP contribution in [0.5, 0.6) is 0 Å². The molecule has 0 radical (unpaired) electrons. The van der Waals surface area contributed by atoms with Crippen molar-refractivity contribution < 1.29 is 14.0 Å². The molecule has 1 saturated heterocycles. The molecular weight excluding hydrogens is 345 g/mol. The van der Waals surface area contributed by atoms with Crippen molar-refractivity contribution in [1.82, 2.24) is 10.2 Å². The van der Waals surface area contributed by atoms with Crippen LogP contribution in [0.25, 0.3) is 0 Å². The largest absolute Gasteiger partial charge is 0.368 e. The molecule has 1 aliphatic rings. The van der Waals surface area contributed by atoms with Gasteiger partial charge in [0.25, 0.3) is 5.91 Å². The summed E-state index contributed by atoms with van der Waals surface area (Å²) in [5, 5.41) is 2.91. The number of halogens is 2. The van der Waals surface area contributed by atoms with Crippen LogP contribution in [0, 0.1) is 5.82 Å². The number of hydrogen-bond acceptors (Lipinski definition) is 3. The second-order valence-electron chi connectivity index (χ2n) is 5.72. The Morgan fingerprint density at radius 1 is 0.920 bits per heavy atom. The molecule has 2 aromatic carbocycles. The summed E-state index contributed by atoms with van der Waals surface area (Å²) in [5.41, 5.74) is 1.29. The normalized spacial score (nSPS) is 14.3. The molecule has 0 unspecified atom stereocenters. The molecule has 2 aromatic rings. The van der Waals surface area contributed by atoms with E-state index in [1.54, 1.807) is 41.3 Å². The third kappa shape index (κ3) is 4.28. The van der Waals surface area contributed by atoms with Gasteiger partial charge < -0.3 is 9.80 Å². The highest BCUT2D eigenvalue weighted by atomic mass is 35.5. The predicted molar refractivity (Wildman–Crippen MR) is 94.5 cm³/mol. The number of anilines is 1. The van der Waals surface area contributed by atoms with Gasteiger partial charge in [-0.25, -0.2) is 9.18 Å². The minimum atomic E-state index is -0.456. The number of piperazine rings is 1. The van der Waals surface area contributed by atoms with Gasteiger partial charge in [-0.15, -0.1) is 0 Å². The van der Waals surface area contributed by atoms with Crippen molar-refractivity contribution >= 4 is 29.2 Å². The van der Waals surface area contributed by atoms with E-state index in [2.05, 4.69) is 10.2 Å². The molecule has 3 rings (SSSR count). The second kappa shape index (κ2) is 7.53. The molecule has 130 valence electrons. The molecule has 1 N–H and O–H groups in total. The zero-order valence-corrected chi connectivity index (χ0v) is 14.2. The number of rotatable bonds is 2. The Labute approximate surface area is 150 Å². The maximum Gasteiger partial charge on any atom is 0.324 e. The first-order chi connectivity index (χ1) is 12.0. The van der Waals surface area contributed by atoms with Gasteiger partial charge in [0.05, 0.1) is 0 Å². The number of benzene rings is 2. The van der Waals surface area contributed by atoms with Gasteiger partial charge in [0.2, 0.25) is 0 Å².